The van der Waals surface area contributed by atoms with Crippen LogP contribution in [0.15, 0.2) is 62.6 Å². The van der Waals surface area contributed by atoms with Crippen LogP contribution >= 0.6 is 0 Å². The number of aryl methyl sites for hydroxylation is 1. The standard InChI is InChI=1S/C27H25F3N6O4/c1-3-13-35-23-21(25(37)36(14-4-2)26(35)38)32-22(33-23)16-9-11-17(12-10-16)39-15-20-31-24(40-34-20)18-7-5-6-8-19(18)27(28,29)30/h5-12H,3-4,13-15H2,1-2H3,(H,32,33). The van der Waals surface area contributed by atoms with Gasteiger partial charge in [0.25, 0.3) is 11.4 Å². The summed E-state index contributed by atoms with van der Waals surface area (Å²) in [5.74, 6) is 0.676. The van der Waals surface area contributed by atoms with Crippen molar-refractivity contribution in [3.05, 3.63) is 80.8 Å². The van der Waals surface area contributed by atoms with E-state index in [1.165, 1.54) is 27.3 Å². The van der Waals surface area contributed by atoms with Crippen LogP contribution < -0.4 is 16.0 Å². The molecule has 5 aromatic rings. The van der Waals surface area contributed by atoms with Gasteiger partial charge in [0, 0.05) is 18.7 Å². The number of nitrogens with zero attached hydrogens (tertiary/aromatic N) is 5. The van der Waals surface area contributed by atoms with Crippen molar-refractivity contribution in [3.8, 4) is 28.6 Å². The summed E-state index contributed by atoms with van der Waals surface area (Å²) in [5.41, 5.74) is -0.653. The number of hydrogen-bond acceptors (Lipinski definition) is 7. The Morgan fingerprint density at radius 3 is 2.35 bits per heavy atom. The second-order valence-electron chi connectivity index (χ2n) is 9.05. The van der Waals surface area contributed by atoms with Gasteiger partial charge >= 0.3 is 11.9 Å². The highest BCUT2D eigenvalue weighted by atomic mass is 19.4. The van der Waals surface area contributed by atoms with Gasteiger partial charge in [0.1, 0.15) is 17.1 Å². The zero-order valence-electron chi connectivity index (χ0n) is 21.7. The Balaban J connectivity index is 1.35. The Hall–Kier alpha value is -4.68. The summed E-state index contributed by atoms with van der Waals surface area (Å²) in [6.45, 7) is 4.44. The van der Waals surface area contributed by atoms with Crippen LogP contribution in [-0.4, -0.2) is 29.2 Å². The molecule has 0 aliphatic heterocycles. The molecule has 0 saturated carbocycles. The van der Waals surface area contributed by atoms with Crippen molar-refractivity contribution < 1.29 is 22.4 Å². The third-order valence-electron chi connectivity index (χ3n) is 6.18. The van der Waals surface area contributed by atoms with Gasteiger partial charge in [0.05, 0.1) is 11.1 Å². The number of halogens is 3. The molecule has 0 aliphatic carbocycles. The Bertz CT molecular complexity index is 1770. The molecule has 13 heteroatoms. The lowest BCUT2D eigenvalue weighted by atomic mass is 10.1. The van der Waals surface area contributed by atoms with E-state index in [0.29, 0.717) is 48.7 Å². The first kappa shape index (κ1) is 26.9. The van der Waals surface area contributed by atoms with Crippen molar-refractivity contribution >= 4 is 11.2 Å². The fourth-order valence-corrected chi connectivity index (χ4v) is 4.34. The minimum absolute atomic E-state index is 0.0746. The molecule has 3 heterocycles. The van der Waals surface area contributed by atoms with E-state index in [4.69, 9.17) is 9.26 Å². The number of nitrogens with one attached hydrogen (secondary N) is 1. The van der Waals surface area contributed by atoms with Crippen molar-refractivity contribution in [2.45, 2.75) is 52.6 Å². The lowest BCUT2D eigenvalue weighted by Gasteiger charge is -2.09. The summed E-state index contributed by atoms with van der Waals surface area (Å²) in [7, 11) is 0. The number of benzene rings is 2. The summed E-state index contributed by atoms with van der Waals surface area (Å²) in [5, 5.41) is 3.73. The lowest BCUT2D eigenvalue weighted by Crippen LogP contribution is -2.40. The van der Waals surface area contributed by atoms with E-state index in [1.807, 2.05) is 13.8 Å². The summed E-state index contributed by atoms with van der Waals surface area (Å²) >= 11 is 0. The fourth-order valence-electron chi connectivity index (χ4n) is 4.34. The molecule has 2 aromatic carbocycles. The molecule has 0 aliphatic rings. The van der Waals surface area contributed by atoms with E-state index >= 15 is 0 Å². The summed E-state index contributed by atoms with van der Waals surface area (Å²) in [6, 6.07) is 11.7. The normalized spacial score (nSPS) is 11.8. The van der Waals surface area contributed by atoms with Gasteiger partial charge in [-0.15, -0.1) is 0 Å². The van der Waals surface area contributed by atoms with Crippen LogP contribution in [0.5, 0.6) is 5.75 Å². The summed E-state index contributed by atoms with van der Waals surface area (Å²) in [4.78, 5) is 37.5. The van der Waals surface area contributed by atoms with Crippen LogP contribution in [0, 0.1) is 0 Å². The molecule has 40 heavy (non-hydrogen) atoms. The van der Waals surface area contributed by atoms with Gasteiger partial charge in [0.15, 0.2) is 12.3 Å². The second kappa shape index (κ2) is 10.8. The Morgan fingerprint density at radius 2 is 1.65 bits per heavy atom. The molecule has 0 spiro atoms. The zero-order chi connectivity index (χ0) is 28.4. The van der Waals surface area contributed by atoms with Gasteiger partial charge in [-0.2, -0.15) is 18.2 Å². The topological polar surface area (TPSA) is 121 Å². The monoisotopic (exact) mass is 554 g/mol. The van der Waals surface area contributed by atoms with Crippen molar-refractivity contribution in [1.29, 1.82) is 0 Å². The number of hydrogen-bond donors (Lipinski definition) is 1. The van der Waals surface area contributed by atoms with Crippen LogP contribution in [0.4, 0.5) is 13.2 Å². The molecule has 0 fully saturated rings. The molecular weight excluding hydrogens is 529 g/mol. The first-order chi connectivity index (χ1) is 19.2. The molecule has 0 unspecified atom stereocenters. The quantitative estimate of drug-likeness (QED) is 0.272. The molecule has 0 atom stereocenters. The number of ether oxygens (including phenoxy) is 1. The first-order valence-corrected chi connectivity index (χ1v) is 12.7. The third kappa shape index (κ3) is 5.14. The van der Waals surface area contributed by atoms with Gasteiger partial charge in [-0.1, -0.05) is 31.1 Å². The number of imidazole rings is 1. The van der Waals surface area contributed by atoms with Crippen molar-refractivity contribution in [1.82, 2.24) is 29.2 Å². The molecule has 10 nitrogen and oxygen atoms in total. The highest BCUT2D eigenvalue weighted by Gasteiger charge is 2.34. The van der Waals surface area contributed by atoms with Gasteiger partial charge < -0.3 is 14.2 Å². The molecule has 3 aromatic heterocycles. The number of alkyl halides is 3. The summed E-state index contributed by atoms with van der Waals surface area (Å²) < 4.78 is 53.4. The van der Waals surface area contributed by atoms with Crippen LogP contribution in [0.1, 0.15) is 38.1 Å². The van der Waals surface area contributed by atoms with Gasteiger partial charge in [-0.05, 0) is 49.2 Å². The van der Waals surface area contributed by atoms with E-state index < -0.39 is 17.3 Å². The van der Waals surface area contributed by atoms with Crippen molar-refractivity contribution in [3.63, 3.8) is 0 Å². The van der Waals surface area contributed by atoms with Crippen molar-refractivity contribution in [2.24, 2.45) is 0 Å². The maximum Gasteiger partial charge on any atom is 0.417 e. The van der Waals surface area contributed by atoms with Crippen LogP contribution in [0.3, 0.4) is 0 Å². The second-order valence-corrected chi connectivity index (χ2v) is 9.05. The third-order valence-corrected chi connectivity index (χ3v) is 6.18. The predicted molar refractivity (Wildman–Crippen MR) is 140 cm³/mol. The fraction of sp³-hybridized carbons (Fsp3) is 0.296. The van der Waals surface area contributed by atoms with E-state index in [1.54, 1.807) is 24.3 Å². The minimum atomic E-state index is -4.57. The Kier molecular flexibility index (Phi) is 7.28. The number of rotatable bonds is 9. The SMILES string of the molecule is CCCn1c(=O)c2[nH]c(-c3ccc(OCc4noc(-c5ccccc5C(F)(F)F)n4)cc3)nc2n(CCC)c1=O. The molecule has 1 N–H and O–H groups in total. The molecule has 208 valence electrons. The van der Waals surface area contributed by atoms with E-state index in [2.05, 4.69) is 20.1 Å². The van der Waals surface area contributed by atoms with E-state index in [9.17, 15) is 22.8 Å². The van der Waals surface area contributed by atoms with Crippen LogP contribution in [0.25, 0.3) is 34.0 Å². The summed E-state index contributed by atoms with van der Waals surface area (Å²) in [6.07, 6.45) is -3.23. The number of aromatic nitrogens is 6. The molecule has 0 bridgehead atoms. The number of H-pyrrole nitrogens is 1. The lowest BCUT2D eigenvalue weighted by molar-refractivity contribution is -0.137. The van der Waals surface area contributed by atoms with E-state index in [0.717, 1.165) is 6.07 Å². The van der Waals surface area contributed by atoms with Gasteiger partial charge in [-0.3, -0.25) is 13.9 Å². The van der Waals surface area contributed by atoms with E-state index in [-0.39, 0.29) is 35.1 Å². The number of fused-ring (bicyclic) bond motifs is 1. The molecule has 5 rings (SSSR count). The number of aromatic amines is 1. The first-order valence-electron chi connectivity index (χ1n) is 12.7. The average Bonchev–Trinajstić information content (AvgIpc) is 3.60. The predicted octanol–water partition coefficient (Wildman–Crippen LogP) is 5.02. The maximum absolute atomic E-state index is 13.3. The van der Waals surface area contributed by atoms with Gasteiger partial charge in [0.2, 0.25) is 5.82 Å². The van der Waals surface area contributed by atoms with Crippen molar-refractivity contribution in [2.75, 3.05) is 0 Å². The van der Waals surface area contributed by atoms with Gasteiger partial charge in [-0.25, -0.2) is 9.78 Å². The van der Waals surface area contributed by atoms with Crippen LogP contribution in [-0.2, 0) is 25.9 Å². The highest BCUT2D eigenvalue weighted by Crippen LogP contribution is 2.36. The average molecular weight is 555 g/mol. The van der Waals surface area contributed by atoms with Crippen LogP contribution in [0.2, 0.25) is 0 Å². The Labute approximate surface area is 225 Å². The highest BCUT2D eigenvalue weighted by molar-refractivity contribution is 5.75. The largest absolute Gasteiger partial charge is 0.485 e. The minimum Gasteiger partial charge on any atom is -0.485 e. The maximum atomic E-state index is 13.3. The Morgan fingerprint density at radius 1 is 0.950 bits per heavy atom. The smallest absolute Gasteiger partial charge is 0.417 e. The molecular formula is C27H25F3N6O4. The molecule has 0 radical (unpaired) electrons. The molecule has 0 saturated heterocycles. The molecule has 0 amide bonds. The zero-order valence-corrected chi connectivity index (χ0v) is 21.7.